The molecule has 0 aliphatic heterocycles. The van der Waals surface area contributed by atoms with E-state index in [0.29, 0.717) is 15.6 Å². The monoisotopic (exact) mass is 490 g/mol. The van der Waals surface area contributed by atoms with Gasteiger partial charge in [0.05, 0.1) is 15.6 Å². The Labute approximate surface area is 189 Å². The van der Waals surface area contributed by atoms with Crippen molar-refractivity contribution in [2.45, 2.75) is 4.90 Å². The summed E-state index contributed by atoms with van der Waals surface area (Å²) >= 11 is 17.8. The number of hydrogen-bond donors (Lipinski definition) is 1. The Hall–Kier alpha value is -2.10. The molecule has 0 bridgehead atoms. The highest BCUT2D eigenvalue weighted by Gasteiger charge is 2.19. The van der Waals surface area contributed by atoms with Crippen molar-refractivity contribution in [3.05, 3.63) is 63.1 Å². The van der Waals surface area contributed by atoms with Crippen molar-refractivity contribution in [3.8, 4) is 0 Å². The molecule has 1 N–H and O–H groups in total. The largest absolute Gasteiger partial charge is 0.452 e. The second-order valence-corrected chi connectivity index (χ2v) is 9.49. The highest BCUT2D eigenvalue weighted by Crippen LogP contribution is 2.26. The summed E-state index contributed by atoms with van der Waals surface area (Å²) in [7, 11) is -0.945. The Bertz CT molecular complexity index is 1100. The van der Waals surface area contributed by atoms with E-state index in [-0.39, 0.29) is 15.6 Å². The molecular formula is C19H17Cl3N2O5S. The molecule has 0 aliphatic rings. The minimum atomic E-state index is -3.71. The van der Waals surface area contributed by atoms with Crippen molar-refractivity contribution < 1.29 is 22.7 Å². The maximum absolute atomic E-state index is 12.2. The van der Waals surface area contributed by atoms with E-state index in [4.69, 9.17) is 39.5 Å². The van der Waals surface area contributed by atoms with Crippen molar-refractivity contribution in [1.29, 1.82) is 0 Å². The van der Waals surface area contributed by atoms with Crippen LogP contribution in [0, 0.1) is 0 Å². The predicted molar refractivity (Wildman–Crippen MR) is 117 cm³/mol. The third-order valence-electron chi connectivity index (χ3n) is 3.70. The van der Waals surface area contributed by atoms with Crippen LogP contribution >= 0.6 is 34.8 Å². The highest BCUT2D eigenvalue weighted by molar-refractivity contribution is 7.89. The van der Waals surface area contributed by atoms with Gasteiger partial charge in [-0.25, -0.2) is 17.5 Å². The summed E-state index contributed by atoms with van der Waals surface area (Å²) < 4.78 is 30.3. The Kier molecular flexibility index (Phi) is 8.28. The minimum Gasteiger partial charge on any atom is -0.452 e. The fraction of sp³-hybridized carbons (Fsp3) is 0.158. The summed E-state index contributed by atoms with van der Waals surface area (Å²) in [5.74, 6) is -1.46. The zero-order valence-electron chi connectivity index (χ0n) is 15.9. The van der Waals surface area contributed by atoms with E-state index in [1.807, 2.05) is 0 Å². The van der Waals surface area contributed by atoms with Crippen LogP contribution < -0.4 is 5.32 Å². The molecule has 0 spiro atoms. The molecule has 7 nitrogen and oxygen atoms in total. The van der Waals surface area contributed by atoms with Gasteiger partial charge in [-0.1, -0.05) is 40.9 Å². The molecule has 0 radical (unpaired) electrons. The average molecular weight is 492 g/mol. The molecule has 0 atom stereocenters. The maximum atomic E-state index is 12.2. The van der Waals surface area contributed by atoms with Crippen molar-refractivity contribution in [2.24, 2.45) is 0 Å². The molecule has 0 heterocycles. The van der Waals surface area contributed by atoms with Gasteiger partial charge in [0.25, 0.3) is 5.91 Å². The van der Waals surface area contributed by atoms with E-state index in [2.05, 4.69) is 5.32 Å². The van der Waals surface area contributed by atoms with Crippen LogP contribution in [0.4, 0.5) is 5.69 Å². The van der Waals surface area contributed by atoms with Gasteiger partial charge in [0, 0.05) is 30.2 Å². The number of sulfonamides is 1. The fourth-order valence-corrected chi connectivity index (χ4v) is 3.70. The Morgan fingerprint density at radius 1 is 1.07 bits per heavy atom. The van der Waals surface area contributed by atoms with Gasteiger partial charge in [-0.3, -0.25) is 4.79 Å². The quantitative estimate of drug-likeness (QED) is 0.465. The van der Waals surface area contributed by atoms with Crippen molar-refractivity contribution in [2.75, 3.05) is 26.0 Å². The summed E-state index contributed by atoms with van der Waals surface area (Å²) in [6.07, 6.45) is 2.53. The maximum Gasteiger partial charge on any atom is 0.331 e. The predicted octanol–water partition coefficient (Wildman–Crippen LogP) is 4.09. The van der Waals surface area contributed by atoms with E-state index >= 15 is 0 Å². The lowest BCUT2D eigenvalue weighted by atomic mass is 10.2. The van der Waals surface area contributed by atoms with Gasteiger partial charge in [-0.15, -0.1) is 0 Å². The molecule has 2 aromatic rings. The molecule has 0 aliphatic carbocycles. The average Bonchev–Trinajstić information content (AvgIpc) is 2.67. The number of hydrogen-bond acceptors (Lipinski definition) is 5. The summed E-state index contributed by atoms with van der Waals surface area (Å²) in [5, 5.41) is 3.35. The zero-order valence-corrected chi connectivity index (χ0v) is 18.9. The van der Waals surface area contributed by atoms with Crippen LogP contribution in [-0.4, -0.2) is 45.3 Å². The number of halogens is 3. The first-order chi connectivity index (χ1) is 14.0. The van der Waals surface area contributed by atoms with Crippen LogP contribution in [0.2, 0.25) is 15.1 Å². The summed E-state index contributed by atoms with van der Waals surface area (Å²) in [6, 6.07) is 8.64. The second-order valence-electron chi connectivity index (χ2n) is 6.08. The van der Waals surface area contributed by atoms with Crippen LogP contribution in [0.5, 0.6) is 0 Å². The number of esters is 1. The SMILES string of the molecule is CN(C)S(=O)(=O)c1ccc(Cl)c(NC(=O)COC(=O)/C=C/c2ccc(Cl)cc2Cl)c1. The normalized spacial score (nSPS) is 11.7. The second kappa shape index (κ2) is 10.3. The number of nitrogens with zero attached hydrogens (tertiary/aromatic N) is 1. The van der Waals surface area contributed by atoms with Crippen LogP contribution in [0.3, 0.4) is 0 Å². The van der Waals surface area contributed by atoms with E-state index < -0.39 is 28.5 Å². The molecule has 0 saturated heterocycles. The Morgan fingerprint density at radius 2 is 1.77 bits per heavy atom. The van der Waals surface area contributed by atoms with Crippen molar-refractivity contribution in [1.82, 2.24) is 4.31 Å². The fourth-order valence-electron chi connectivity index (χ4n) is 2.14. The molecule has 0 aromatic heterocycles. The molecule has 160 valence electrons. The van der Waals surface area contributed by atoms with Crippen LogP contribution in [0.25, 0.3) is 6.08 Å². The zero-order chi connectivity index (χ0) is 22.5. The lowest BCUT2D eigenvalue weighted by molar-refractivity contribution is -0.142. The number of nitrogens with one attached hydrogen (secondary N) is 1. The molecule has 1 amide bonds. The number of benzene rings is 2. The number of ether oxygens (including phenoxy) is 1. The van der Waals surface area contributed by atoms with Crippen LogP contribution in [-0.2, 0) is 24.3 Å². The van der Waals surface area contributed by atoms with Gasteiger partial charge in [-0.05, 0) is 42.0 Å². The lowest BCUT2D eigenvalue weighted by Crippen LogP contribution is -2.23. The van der Waals surface area contributed by atoms with E-state index in [1.54, 1.807) is 12.1 Å². The third kappa shape index (κ3) is 6.45. The van der Waals surface area contributed by atoms with Crippen molar-refractivity contribution in [3.63, 3.8) is 0 Å². The summed E-state index contributed by atoms with van der Waals surface area (Å²) in [4.78, 5) is 23.8. The molecule has 0 unspecified atom stereocenters. The van der Waals surface area contributed by atoms with E-state index in [9.17, 15) is 18.0 Å². The molecule has 30 heavy (non-hydrogen) atoms. The summed E-state index contributed by atoms with van der Waals surface area (Å²) in [5.41, 5.74) is 0.622. The number of carbonyl (C=O) groups excluding carboxylic acids is 2. The molecular weight excluding hydrogens is 475 g/mol. The topological polar surface area (TPSA) is 92.8 Å². The number of rotatable bonds is 7. The smallest absolute Gasteiger partial charge is 0.331 e. The number of carbonyl (C=O) groups is 2. The third-order valence-corrected chi connectivity index (χ3v) is 6.40. The lowest BCUT2D eigenvalue weighted by Gasteiger charge is -2.13. The molecule has 2 rings (SSSR count). The van der Waals surface area contributed by atoms with Gasteiger partial charge < -0.3 is 10.1 Å². The summed E-state index contributed by atoms with van der Waals surface area (Å²) in [6.45, 7) is -0.599. The molecule has 0 fully saturated rings. The van der Waals surface area contributed by atoms with Gasteiger partial charge in [0.2, 0.25) is 10.0 Å². The first-order valence-electron chi connectivity index (χ1n) is 8.32. The van der Waals surface area contributed by atoms with E-state index in [1.165, 1.54) is 44.4 Å². The molecule has 11 heteroatoms. The van der Waals surface area contributed by atoms with Gasteiger partial charge in [0.1, 0.15) is 0 Å². The van der Waals surface area contributed by atoms with Crippen molar-refractivity contribution >= 4 is 68.5 Å². The van der Waals surface area contributed by atoms with Gasteiger partial charge >= 0.3 is 5.97 Å². The first kappa shape index (κ1) is 24.2. The van der Waals surface area contributed by atoms with Crippen LogP contribution in [0.15, 0.2) is 47.4 Å². The molecule has 2 aromatic carbocycles. The molecule has 0 saturated carbocycles. The number of anilines is 1. The Balaban J connectivity index is 1.99. The Morgan fingerprint density at radius 3 is 2.40 bits per heavy atom. The van der Waals surface area contributed by atoms with Gasteiger partial charge in [0.15, 0.2) is 6.61 Å². The minimum absolute atomic E-state index is 0.0491. The first-order valence-corrected chi connectivity index (χ1v) is 10.9. The number of amides is 1. The highest BCUT2D eigenvalue weighted by atomic mass is 35.5. The standard InChI is InChI=1S/C19H17Cl3N2O5S/c1-24(2)30(27,28)14-6-7-15(21)17(10-14)23-18(25)11-29-19(26)8-4-12-3-5-13(20)9-16(12)22/h3-10H,11H2,1-2H3,(H,23,25)/b8-4+. The van der Waals surface area contributed by atoms with Crippen LogP contribution in [0.1, 0.15) is 5.56 Å². The van der Waals surface area contributed by atoms with Gasteiger partial charge in [-0.2, -0.15) is 0 Å². The van der Waals surface area contributed by atoms with E-state index in [0.717, 1.165) is 10.4 Å².